The highest BCUT2D eigenvalue weighted by Gasteiger charge is 2.31. The molecule has 1 atom stereocenters. The van der Waals surface area contributed by atoms with Gasteiger partial charge in [-0.25, -0.2) is 9.97 Å². The Balaban J connectivity index is 1.47. The zero-order valence-corrected chi connectivity index (χ0v) is 13.5. The number of likely N-dealkylation sites (tertiary alicyclic amines) is 1. The largest absolute Gasteiger partial charge is 0.337 e. The van der Waals surface area contributed by atoms with Gasteiger partial charge in [-0.15, -0.1) is 0 Å². The molecule has 0 aromatic carbocycles. The molecule has 0 spiro atoms. The first-order chi connectivity index (χ1) is 12.2. The van der Waals surface area contributed by atoms with Gasteiger partial charge in [-0.1, -0.05) is 5.16 Å². The monoisotopic (exact) mass is 337 g/mol. The minimum Gasteiger partial charge on any atom is -0.337 e. The third-order valence-corrected chi connectivity index (χ3v) is 4.06. The Kier molecular flexibility index (Phi) is 3.88. The van der Waals surface area contributed by atoms with Gasteiger partial charge in [0.25, 0.3) is 11.8 Å². The summed E-state index contributed by atoms with van der Waals surface area (Å²) in [7, 11) is 0. The van der Waals surface area contributed by atoms with Crippen LogP contribution in [0.15, 0.2) is 35.5 Å². The molecule has 1 amide bonds. The van der Waals surface area contributed by atoms with Gasteiger partial charge in [-0.05, 0) is 13.3 Å². The van der Waals surface area contributed by atoms with Crippen molar-refractivity contribution >= 4 is 5.91 Å². The standard InChI is InChI=1S/C16H15N7O2/c1-10-6-20-13(8-19-10)16(24)23-5-2-11(9-23)14-21-15(25-22-14)12-7-17-3-4-18-12/h3-4,6-8,11H,2,5,9H2,1H3. The second kappa shape index (κ2) is 6.34. The van der Waals surface area contributed by atoms with Crippen molar-refractivity contribution in [3.63, 3.8) is 0 Å². The van der Waals surface area contributed by atoms with Crippen LogP contribution in [-0.4, -0.2) is 54.0 Å². The highest BCUT2D eigenvalue weighted by atomic mass is 16.5. The van der Waals surface area contributed by atoms with Gasteiger partial charge in [0, 0.05) is 37.6 Å². The molecule has 4 heterocycles. The minimum absolute atomic E-state index is 0.0246. The molecule has 0 radical (unpaired) electrons. The van der Waals surface area contributed by atoms with E-state index in [1.807, 2.05) is 6.92 Å². The summed E-state index contributed by atoms with van der Waals surface area (Å²) in [5.74, 6) is 0.799. The van der Waals surface area contributed by atoms with Crippen LogP contribution in [0.4, 0.5) is 0 Å². The first-order valence-corrected chi connectivity index (χ1v) is 7.88. The molecule has 4 rings (SSSR count). The first-order valence-electron chi connectivity index (χ1n) is 7.88. The van der Waals surface area contributed by atoms with Crippen molar-refractivity contribution in [3.8, 4) is 11.6 Å². The quantitative estimate of drug-likeness (QED) is 0.702. The Labute approximate surface area is 143 Å². The average Bonchev–Trinajstić information content (AvgIpc) is 3.32. The fraction of sp³-hybridized carbons (Fsp3) is 0.312. The number of aryl methyl sites for hydroxylation is 1. The van der Waals surface area contributed by atoms with E-state index in [9.17, 15) is 4.79 Å². The summed E-state index contributed by atoms with van der Waals surface area (Å²) in [6.07, 6.45) is 8.58. The molecule has 1 aliphatic rings. The van der Waals surface area contributed by atoms with Crippen molar-refractivity contribution in [2.75, 3.05) is 13.1 Å². The van der Waals surface area contributed by atoms with Crippen LogP contribution >= 0.6 is 0 Å². The number of hydrogen-bond donors (Lipinski definition) is 0. The maximum absolute atomic E-state index is 12.5. The Morgan fingerprint density at radius 3 is 2.88 bits per heavy atom. The topological polar surface area (TPSA) is 111 Å². The van der Waals surface area contributed by atoms with Crippen LogP contribution < -0.4 is 0 Å². The Morgan fingerprint density at radius 1 is 1.20 bits per heavy atom. The van der Waals surface area contributed by atoms with E-state index in [-0.39, 0.29) is 11.8 Å². The van der Waals surface area contributed by atoms with Gasteiger partial charge in [-0.2, -0.15) is 4.98 Å². The van der Waals surface area contributed by atoms with Crippen molar-refractivity contribution in [2.45, 2.75) is 19.3 Å². The van der Waals surface area contributed by atoms with Gasteiger partial charge in [0.15, 0.2) is 5.82 Å². The number of nitrogens with zero attached hydrogens (tertiary/aromatic N) is 7. The normalized spacial score (nSPS) is 17.0. The van der Waals surface area contributed by atoms with Crippen molar-refractivity contribution in [1.29, 1.82) is 0 Å². The van der Waals surface area contributed by atoms with E-state index >= 15 is 0 Å². The lowest BCUT2D eigenvalue weighted by Gasteiger charge is -2.14. The number of carbonyl (C=O) groups is 1. The van der Waals surface area contributed by atoms with Crippen molar-refractivity contribution in [3.05, 3.63) is 48.2 Å². The molecular weight excluding hydrogens is 322 g/mol. The molecular formula is C16H15N7O2. The number of amides is 1. The third-order valence-electron chi connectivity index (χ3n) is 4.06. The van der Waals surface area contributed by atoms with E-state index in [0.29, 0.717) is 36.2 Å². The molecule has 0 N–H and O–H groups in total. The minimum atomic E-state index is -0.132. The van der Waals surface area contributed by atoms with E-state index in [2.05, 4.69) is 30.1 Å². The first kappa shape index (κ1) is 15.3. The SMILES string of the molecule is Cc1cnc(C(=O)N2CCC(c3noc(-c4cnccn4)n3)C2)cn1. The van der Waals surface area contributed by atoms with Crippen molar-refractivity contribution < 1.29 is 9.32 Å². The molecule has 9 nitrogen and oxygen atoms in total. The lowest BCUT2D eigenvalue weighted by molar-refractivity contribution is 0.0784. The molecule has 0 saturated carbocycles. The lowest BCUT2D eigenvalue weighted by Crippen LogP contribution is -2.29. The predicted molar refractivity (Wildman–Crippen MR) is 85.4 cm³/mol. The van der Waals surface area contributed by atoms with Gasteiger partial charge in [0.1, 0.15) is 11.4 Å². The maximum atomic E-state index is 12.5. The summed E-state index contributed by atoms with van der Waals surface area (Å²) < 4.78 is 5.27. The maximum Gasteiger partial charge on any atom is 0.278 e. The van der Waals surface area contributed by atoms with Crippen LogP contribution in [-0.2, 0) is 0 Å². The summed E-state index contributed by atoms with van der Waals surface area (Å²) in [5.41, 5.74) is 1.65. The van der Waals surface area contributed by atoms with Crippen LogP contribution in [0.3, 0.4) is 0 Å². The van der Waals surface area contributed by atoms with Crippen LogP contribution in [0, 0.1) is 6.92 Å². The Bertz CT molecular complexity index is 879. The number of aromatic nitrogens is 6. The molecule has 1 saturated heterocycles. The van der Waals surface area contributed by atoms with Crippen LogP contribution in [0.1, 0.15) is 34.3 Å². The van der Waals surface area contributed by atoms with Gasteiger partial charge < -0.3 is 9.42 Å². The second-order valence-corrected chi connectivity index (χ2v) is 5.83. The van der Waals surface area contributed by atoms with E-state index in [1.165, 1.54) is 6.20 Å². The van der Waals surface area contributed by atoms with Gasteiger partial charge >= 0.3 is 0 Å². The van der Waals surface area contributed by atoms with Gasteiger partial charge in [-0.3, -0.25) is 14.8 Å². The summed E-state index contributed by atoms with van der Waals surface area (Å²) in [4.78, 5) is 35.0. The summed E-state index contributed by atoms with van der Waals surface area (Å²) in [6.45, 7) is 2.97. The van der Waals surface area contributed by atoms with Crippen LogP contribution in [0.25, 0.3) is 11.6 Å². The van der Waals surface area contributed by atoms with Gasteiger partial charge in [0.05, 0.1) is 18.1 Å². The van der Waals surface area contributed by atoms with Crippen molar-refractivity contribution in [1.82, 2.24) is 35.0 Å². The molecule has 1 fully saturated rings. The molecule has 1 aliphatic heterocycles. The van der Waals surface area contributed by atoms with E-state index in [1.54, 1.807) is 29.7 Å². The zero-order valence-electron chi connectivity index (χ0n) is 13.5. The summed E-state index contributed by atoms with van der Waals surface area (Å²) in [6, 6.07) is 0. The number of hydrogen-bond acceptors (Lipinski definition) is 8. The molecule has 0 aliphatic carbocycles. The van der Waals surface area contributed by atoms with Crippen LogP contribution in [0.2, 0.25) is 0 Å². The van der Waals surface area contributed by atoms with E-state index < -0.39 is 0 Å². The average molecular weight is 337 g/mol. The number of carbonyl (C=O) groups excluding carboxylic acids is 1. The Morgan fingerprint density at radius 2 is 2.12 bits per heavy atom. The van der Waals surface area contributed by atoms with E-state index in [0.717, 1.165) is 12.1 Å². The van der Waals surface area contributed by atoms with Gasteiger partial charge in [0.2, 0.25) is 0 Å². The summed E-state index contributed by atoms with van der Waals surface area (Å²) >= 11 is 0. The fourth-order valence-corrected chi connectivity index (χ4v) is 2.73. The molecule has 1 unspecified atom stereocenters. The third kappa shape index (κ3) is 3.08. The molecule has 9 heteroatoms. The Hall–Kier alpha value is -3.23. The fourth-order valence-electron chi connectivity index (χ4n) is 2.73. The molecule has 0 bridgehead atoms. The smallest absolute Gasteiger partial charge is 0.278 e. The molecule has 3 aromatic heterocycles. The number of rotatable bonds is 3. The second-order valence-electron chi connectivity index (χ2n) is 5.83. The zero-order chi connectivity index (χ0) is 17.2. The lowest BCUT2D eigenvalue weighted by atomic mass is 10.1. The highest BCUT2D eigenvalue weighted by molar-refractivity contribution is 5.92. The molecule has 3 aromatic rings. The van der Waals surface area contributed by atoms with Crippen LogP contribution in [0.5, 0.6) is 0 Å². The van der Waals surface area contributed by atoms with Crippen molar-refractivity contribution in [2.24, 2.45) is 0 Å². The highest BCUT2D eigenvalue weighted by Crippen LogP contribution is 2.27. The predicted octanol–water partition coefficient (Wildman–Crippen LogP) is 1.25. The molecule has 126 valence electrons. The molecule has 25 heavy (non-hydrogen) atoms. The summed E-state index contributed by atoms with van der Waals surface area (Å²) in [5, 5.41) is 4.03. The van der Waals surface area contributed by atoms with E-state index in [4.69, 9.17) is 4.52 Å².